The smallest absolute Gasteiger partial charge is 0.433 e. The number of carbonyl (C=O) groups excluding carboxylic acids is 2. The van der Waals surface area contributed by atoms with Crippen molar-refractivity contribution >= 4 is 46.8 Å². The van der Waals surface area contributed by atoms with Crippen LogP contribution in [0.2, 0.25) is 0 Å². The highest BCUT2D eigenvalue weighted by molar-refractivity contribution is 7.80. The van der Waals surface area contributed by atoms with Gasteiger partial charge in [0.25, 0.3) is 11.8 Å². The van der Waals surface area contributed by atoms with Gasteiger partial charge in [-0.3, -0.25) is 29.9 Å². The highest BCUT2D eigenvalue weighted by Crippen LogP contribution is 2.25. The van der Waals surface area contributed by atoms with Gasteiger partial charge in [-0.1, -0.05) is 0 Å². The first-order valence-corrected chi connectivity index (χ1v) is 7.61. The number of thiocarbonyl (C=S) groups is 1. The topological polar surface area (TPSA) is 115 Å². The van der Waals surface area contributed by atoms with Gasteiger partial charge in [-0.25, -0.2) is 0 Å². The summed E-state index contributed by atoms with van der Waals surface area (Å²) >= 11 is 5.08. The molecule has 1 N–H and O–H groups in total. The molecule has 1 aliphatic heterocycles. The Balaban J connectivity index is 1.96. The van der Waals surface area contributed by atoms with Gasteiger partial charge in [-0.15, -0.1) is 0 Å². The number of methoxy groups -OCH3 is 1. The van der Waals surface area contributed by atoms with Crippen molar-refractivity contribution in [2.24, 2.45) is 0 Å². The van der Waals surface area contributed by atoms with E-state index in [4.69, 9.17) is 21.4 Å². The number of anilines is 1. The lowest BCUT2D eigenvalue weighted by atomic mass is 10.1. The van der Waals surface area contributed by atoms with Gasteiger partial charge >= 0.3 is 5.88 Å². The standard InChI is InChI=1S/C16H11N3O6S/c1-24-10-4-2-9(3-5-10)18-15(21)12(14(20)17-16(18)26)8-11-6-7-13(25-11)19(22)23/h2-8H,1H3,(H,17,20,26)/b12-8-. The van der Waals surface area contributed by atoms with Crippen molar-refractivity contribution in [3.8, 4) is 5.75 Å². The first-order chi connectivity index (χ1) is 12.4. The molecular weight excluding hydrogens is 362 g/mol. The first-order valence-electron chi connectivity index (χ1n) is 7.20. The molecule has 1 aliphatic rings. The van der Waals surface area contributed by atoms with Crippen LogP contribution in [0.4, 0.5) is 11.6 Å². The molecule has 0 radical (unpaired) electrons. The van der Waals surface area contributed by atoms with Crippen molar-refractivity contribution in [3.63, 3.8) is 0 Å². The Hall–Kier alpha value is -3.53. The molecule has 2 amide bonds. The molecule has 0 saturated carbocycles. The van der Waals surface area contributed by atoms with Crippen LogP contribution >= 0.6 is 12.2 Å². The second-order valence-corrected chi connectivity index (χ2v) is 5.48. The average molecular weight is 373 g/mol. The maximum absolute atomic E-state index is 12.7. The number of furan rings is 1. The number of nitrogens with one attached hydrogen (secondary N) is 1. The number of hydrogen-bond acceptors (Lipinski definition) is 7. The number of hydrogen-bond donors (Lipinski definition) is 1. The molecule has 3 rings (SSSR count). The van der Waals surface area contributed by atoms with Crippen molar-refractivity contribution in [2.45, 2.75) is 0 Å². The number of rotatable bonds is 4. The summed E-state index contributed by atoms with van der Waals surface area (Å²) in [6.07, 6.45) is 1.13. The molecule has 0 unspecified atom stereocenters. The summed E-state index contributed by atoms with van der Waals surface area (Å²) < 4.78 is 10.0. The normalized spacial score (nSPS) is 16.0. The summed E-state index contributed by atoms with van der Waals surface area (Å²) in [4.78, 5) is 36.0. The molecule has 9 nitrogen and oxygen atoms in total. The van der Waals surface area contributed by atoms with E-state index < -0.39 is 22.6 Å². The maximum Gasteiger partial charge on any atom is 0.433 e. The van der Waals surface area contributed by atoms with Crippen LogP contribution in [0, 0.1) is 10.1 Å². The number of amides is 2. The molecule has 0 bridgehead atoms. The second kappa shape index (κ2) is 6.76. The zero-order chi connectivity index (χ0) is 18.8. The molecule has 0 aliphatic carbocycles. The van der Waals surface area contributed by atoms with Crippen LogP contribution < -0.4 is 15.0 Å². The highest BCUT2D eigenvalue weighted by atomic mass is 32.1. The number of benzene rings is 1. The van der Waals surface area contributed by atoms with Gasteiger partial charge in [0.1, 0.15) is 22.0 Å². The molecule has 0 spiro atoms. The van der Waals surface area contributed by atoms with Gasteiger partial charge in [0.05, 0.1) is 18.9 Å². The SMILES string of the molecule is COc1ccc(N2C(=O)/C(=C\c3ccc([N+](=O)[O-])o3)C(=O)NC2=S)cc1. The molecule has 0 atom stereocenters. The van der Waals surface area contributed by atoms with E-state index in [-0.39, 0.29) is 16.4 Å². The minimum atomic E-state index is -0.719. The van der Waals surface area contributed by atoms with Crippen LogP contribution in [0.25, 0.3) is 6.08 Å². The Kier molecular flexibility index (Phi) is 4.50. The minimum Gasteiger partial charge on any atom is -0.497 e. The fraction of sp³-hybridized carbons (Fsp3) is 0.0625. The number of ether oxygens (including phenoxy) is 1. The third-order valence-electron chi connectivity index (χ3n) is 3.51. The molecule has 132 valence electrons. The Morgan fingerprint density at radius 1 is 1.23 bits per heavy atom. The van der Waals surface area contributed by atoms with E-state index in [1.807, 2.05) is 0 Å². The summed E-state index contributed by atoms with van der Waals surface area (Å²) in [6.45, 7) is 0. The summed E-state index contributed by atoms with van der Waals surface area (Å²) in [7, 11) is 1.51. The lowest BCUT2D eigenvalue weighted by Crippen LogP contribution is -2.54. The Bertz CT molecular complexity index is 947. The summed E-state index contributed by atoms with van der Waals surface area (Å²) in [6, 6.07) is 8.91. The molecule has 1 aromatic heterocycles. The molecular formula is C16H11N3O6S. The number of nitrogens with zero attached hydrogens (tertiary/aromatic N) is 2. The molecule has 1 fully saturated rings. The average Bonchev–Trinajstić information content (AvgIpc) is 3.08. The first kappa shape index (κ1) is 17.3. The van der Waals surface area contributed by atoms with Gasteiger partial charge in [-0.2, -0.15) is 0 Å². The van der Waals surface area contributed by atoms with Gasteiger partial charge in [0, 0.05) is 0 Å². The number of nitro groups is 1. The van der Waals surface area contributed by atoms with Gasteiger partial charge in [0.15, 0.2) is 5.11 Å². The monoisotopic (exact) mass is 373 g/mol. The van der Waals surface area contributed by atoms with Crippen LogP contribution in [0.5, 0.6) is 5.75 Å². The van der Waals surface area contributed by atoms with Crippen LogP contribution in [-0.4, -0.2) is 29.0 Å². The largest absolute Gasteiger partial charge is 0.497 e. The number of carbonyl (C=O) groups is 2. The van der Waals surface area contributed by atoms with Crippen LogP contribution in [-0.2, 0) is 9.59 Å². The van der Waals surface area contributed by atoms with Gasteiger partial charge in [0.2, 0.25) is 0 Å². The lowest BCUT2D eigenvalue weighted by molar-refractivity contribution is -0.402. The van der Waals surface area contributed by atoms with Gasteiger partial charge in [-0.05, 0) is 48.6 Å². The van der Waals surface area contributed by atoms with Crippen molar-refractivity contribution in [3.05, 3.63) is 57.8 Å². The molecule has 2 aromatic rings. The molecule has 1 saturated heterocycles. The highest BCUT2D eigenvalue weighted by Gasteiger charge is 2.34. The van der Waals surface area contributed by atoms with E-state index in [9.17, 15) is 19.7 Å². The zero-order valence-corrected chi connectivity index (χ0v) is 14.1. The summed E-state index contributed by atoms with van der Waals surface area (Å²) in [5.74, 6) is -1.31. The second-order valence-electron chi connectivity index (χ2n) is 5.09. The van der Waals surface area contributed by atoms with Crippen molar-refractivity contribution < 1.29 is 23.7 Å². The van der Waals surface area contributed by atoms with Crippen molar-refractivity contribution in [1.82, 2.24) is 5.32 Å². The molecule has 2 heterocycles. The maximum atomic E-state index is 12.7. The van der Waals surface area contributed by atoms with E-state index >= 15 is 0 Å². The Labute approximate surface area is 152 Å². The third-order valence-corrected chi connectivity index (χ3v) is 3.80. The van der Waals surface area contributed by atoms with Crippen LogP contribution in [0.1, 0.15) is 5.76 Å². The molecule has 26 heavy (non-hydrogen) atoms. The van der Waals surface area contributed by atoms with Crippen molar-refractivity contribution in [1.29, 1.82) is 0 Å². The third kappa shape index (κ3) is 3.17. The van der Waals surface area contributed by atoms with E-state index in [2.05, 4.69) is 5.32 Å². The predicted molar refractivity (Wildman–Crippen MR) is 94.6 cm³/mol. The fourth-order valence-corrected chi connectivity index (χ4v) is 2.56. The van der Waals surface area contributed by atoms with E-state index in [1.54, 1.807) is 24.3 Å². The van der Waals surface area contributed by atoms with Crippen LogP contribution in [0.15, 0.2) is 46.4 Å². The van der Waals surface area contributed by atoms with Crippen molar-refractivity contribution in [2.75, 3.05) is 12.0 Å². The zero-order valence-electron chi connectivity index (χ0n) is 13.3. The minimum absolute atomic E-state index is 0.00213. The van der Waals surface area contributed by atoms with E-state index in [1.165, 1.54) is 13.2 Å². The van der Waals surface area contributed by atoms with E-state index in [0.29, 0.717) is 11.4 Å². The quantitative estimate of drug-likeness (QED) is 0.287. The predicted octanol–water partition coefficient (Wildman–Crippen LogP) is 2.03. The molecule has 1 aromatic carbocycles. The fourth-order valence-electron chi connectivity index (χ4n) is 2.28. The van der Waals surface area contributed by atoms with Crippen LogP contribution in [0.3, 0.4) is 0 Å². The molecule has 10 heteroatoms. The lowest BCUT2D eigenvalue weighted by Gasteiger charge is -2.28. The van der Waals surface area contributed by atoms with E-state index in [0.717, 1.165) is 17.0 Å². The summed E-state index contributed by atoms with van der Waals surface area (Å²) in [5, 5.41) is 13.0. The Morgan fingerprint density at radius 2 is 1.92 bits per heavy atom. The Morgan fingerprint density at radius 3 is 2.50 bits per heavy atom. The van der Waals surface area contributed by atoms with Gasteiger partial charge < -0.3 is 9.15 Å². The summed E-state index contributed by atoms with van der Waals surface area (Å²) in [5.41, 5.74) is 0.163.